The number of rotatable bonds is 3. The molecule has 132 valence electrons. The largest absolute Gasteiger partial charge is 0.443 e. The molecular formula is C16H21NO6S. The van der Waals surface area contributed by atoms with Gasteiger partial charge in [-0.05, 0) is 34.1 Å². The molecule has 0 fully saturated rings. The number of hydrogen-bond donors (Lipinski definition) is 0. The minimum absolute atomic E-state index is 0.0921. The standard InChI is InChI=1S/C16H21NO6S/c1-11-5-7-13(8-6-11)24(20,21)23-12-9-14(18)17(10-12)15(19)22-16(2,3)4/h5-7,9,13H,8,10H2,1-4H3. The SMILES string of the molecule is CC1=CCC(S(=O)(=O)OC2=CC(=O)N(C(=O)OC(C)(C)C)C2)C=C1. The molecule has 1 unspecified atom stereocenters. The average molecular weight is 355 g/mol. The summed E-state index contributed by atoms with van der Waals surface area (Å²) in [5.74, 6) is -0.755. The Morgan fingerprint density at radius 2 is 2.00 bits per heavy atom. The van der Waals surface area contributed by atoms with Crippen molar-refractivity contribution >= 4 is 22.1 Å². The quantitative estimate of drug-likeness (QED) is 0.722. The second-order valence-corrected chi connectivity index (χ2v) is 8.43. The number of allylic oxidation sites excluding steroid dienone is 3. The van der Waals surface area contributed by atoms with E-state index in [4.69, 9.17) is 8.92 Å². The van der Waals surface area contributed by atoms with Crippen LogP contribution in [0.15, 0.2) is 35.6 Å². The fraction of sp³-hybridized carbons (Fsp3) is 0.500. The van der Waals surface area contributed by atoms with Gasteiger partial charge in [0.1, 0.15) is 16.6 Å². The first-order chi connectivity index (χ1) is 11.0. The summed E-state index contributed by atoms with van der Waals surface area (Å²) in [5.41, 5.74) is 0.220. The summed E-state index contributed by atoms with van der Waals surface area (Å²) in [6, 6.07) is 0. The van der Waals surface area contributed by atoms with E-state index in [0.717, 1.165) is 16.5 Å². The molecule has 7 nitrogen and oxygen atoms in total. The minimum Gasteiger partial charge on any atom is -0.443 e. The van der Waals surface area contributed by atoms with Gasteiger partial charge in [-0.25, -0.2) is 9.69 Å². The van der Waals surface area contributed by atoms with Crippen LogP contribution in [0, 0.1) is 0 Å². The highest BCUT2D eigenvalue weighted by Gasteiger charge is 2.35. The second kappa shape index (κ2) is 6.43. The maximum atomic E-state index is 12.3. The molecular weight excluding hydrogens is 334 g/mol. The number of nitrogens with zero attached hydrogens (tertiary/aromatic N) is 1. The van der Waals surface area contributed by atoms with Gasteiger partial charge < -0.3 is 8.92 Å². The first-order valence-electron chi connectivity index (χ1n) is 7.51. The zero-order chi connectivity index (χ0) is 18.1. The monoisotopic (exact) mass is 355 g/mol. The molecule has 8 heteroatoms. The zero-order valence-corrected chi connectivity index (χ0v) is 14.9. The predicted molar refractivity (Wildman–Crippen MR) is 87.3 cm³/mol. The van der Waals surface area contributed by atoms with Crippen LogP contribution in [0.1, 0.15) is 34.1 Å². The van der Waals surface area contributed by atoms with Crippen LogP contribution in [-0.2, 0) is 23.8 Å². The molecule has 0 aromatic heterocycles. The van der Waals surface area contributed by atoms with Gasteiger partial charge >= 0.3 is 16.2 Å². The molecule has 1 atom stereocenters. The molecule has 1 aliphatic carbocycles. The van der Waals surface area contributed by atoms with E-state index >= 15 is 0 Å². The third kappa shape index (κ3) is 4.47. The molecule has 24 heavy (non-hydrogen) atoms. The normalized spacial score (nSPS) is 21.4. The lowest BCUT2D eigenvalue weighted by atomic mass is 10.1. The van der Waals surface area contributed by atoms with Crippen molar-refractivity contribution in [2.45, 2.75) is 45.0 Å². The summed E-state index contributed by atoms with van der Waals surface area (Å²) in [6.45, 7) is 6.62. The number of imide groups is 1. The smallest absolute Gasteiger partial charge is 0.417 e. The lowest BCUT2D eigenvalue weighted by Gasteiger charge is -2.23. The summed E-state index contributed by atoms with van der Waals surface area (Å²) in [4.78, 5) is 24.6. The van der Waals surface area contributed by atoms with Crippen molar-refractivity contribution in [3.63, 3.8) is 0 Å². The molecule has 2 aliphatic rings. The van der Waals surface area contributed by atoms with Gasteiger partial charge in [-0.15, -0.1) is 0 Å². The van der Waals surface area contributed by atoms with E-state index in [1.807, 2.05) is 6.92 Å². The van der Waals surface area contributed by atoms with E-state index < -0.39 is 33.0 Å². The van der Waals surface area contributed by atoms with Crippen LogP contribution in [0.25, 0.3) is 0 Å². The maximum Gasteiger partial charge on any atom is 0.417 e. The average Bonchev–Trinajstić information content (AvgIpc) is 2.77. The van der Waals surface area contributed by atoms with E-state index in [1.165, 1.54) is 0 Å². The molecule has 1 heterocycles. The molecule has 0 radical (unpaired) electrons. The third-order valence-electron chi connectivity index (χ3n) is 3.32. The second-order valence-electron chi connectivity index (χ2n) is 6.67. The summed E-state index contributed by atoms with van der Waals surface area (Å²) in [7, 11) is -3.93. The van der Waals surface area contributed by atoms with Crippen LogP contribution >= 0.6 is 0 Å². The van der Waals surface area contributed by atoms with Crippen LogP contribution in [0.5, 0.6) is 0 Å². The Bertz CT molecular complexity index is 739. The van der Waals surface area contributed by atoms with Gasteiger partial charge in [0.05, 0.1) is 6.54 Å². The Morgan fingerprint density at radius 3 is 2.54 bits per heavy atom. The Morgan fingerprint density at radius 1 is 1.33 bits per heavy atom. The molecule has 0 N–H and O–H groups in total. The van der Waals surface area contributed by atoms with E-state index in [-0.39, 0.29) is 12.3 Å². The maximum absolute atomic E-state index is 12.3. The van der Waals surface area contributed by atoms with Gasteiger partial charge in [0.25, 0.3) is 5.91 Å². The molecule has 0 saturated carbocycles. The van der Waals surface area contributed by atoms with Crippen molar-refractivity contribution < 1.29 is 26.9 Å². The van der Waals surface area contributed by atoms with Gasteiger partial charge in [-0.3, -0.25) is 4.79 Å². The summed E-state index contributed by atoms with van der Waals surface area (Å²) in [5, 5.41) is -0.812. The number of hydrogen-bond acceptors (Lipinski definition) is 6. The highest BCUT2D eigenvalue weighted by Crippen LogP contribution is 2.23. The highest BCUT2D eigenvalue weighted by molar-refractivity contribution is 7.87. The van der Waals surface area contributed by atoms with E-state index in [2.05, 4.69) is 0 Å². The minimum atomic E-state index is -3.93. The molecule has 2 rings (SSSR count). The van der Waals surface area contributed by atoms with Gasteiger partial charge in [0, 0.05) is 6.08 Å². The van der Waals surface area contributed by atoms with Crippen molar-refractivity contribution in [2.75, 3.05) is 6.54 Å². The molecule has 0 aromatic rings. The van der Waals surface area contributed by atoms with E-state index in [9.17, 15) is 18.0 Å². The first-order valence-corrected chi connectivity index (χ1v) is 8.98. The lowest BCUT2D eigenvalue weighted by molar-refractivity contribution is -0.123. The Labute approximate surface area is 141 Å². The Hall–Kier alpha value is -2.09. The van der Waals surface area contributed by atoms with E-state index in [1.54, 1.807) is 39.0 Å². The molecule has 0 bridgehead atoms. The van der Waals surface area contributed by atoms with Crippen LogP contribution in [-0.4, -0.2) is 42.7 Å². The Kier molecular flexibility index (Phi) is 4.89. The number of ether oxygens (including phenoxy) is 1. The lowest BCUT2D eigenvalue weighted by Crippen LogP contribution is -2.38. The molecule has 0 spiro atoms. The van der Waals surface area contributed by atoms with Crippen molar-refractivity contribution in [1.29, 1.82) is 0 Å². The number of carbonyl (C=O) groups is 2. The highest BCUT2D eigenvalue weighted by atomic mass is 32.2. The summed E-state index contributed by atoms with van der Waals surface area (Å²) < 4.78 is 34.7. The summed E-state index contributed by atoms with van der Waals surface area (Å²) >= 11 is 0. The van der Waals surface area contributed by atoms with Gasteiger partial charge in [-0.1, -0.05) is 23.8 Å². The van der Waals surface area contributed by atoms with Crippen LogP contribution in [0.4, 0.5) is 4.79 Å². The molecule has 2 amide bonds. The van der Waals surface area contributed by atoms with Gasteiger partial charge in [0.2, 0.25) is 0 Å². The van der Waals surface area contributed by atoms with Gasteiger partial charge in [0.15, 0.2) is 0 Å². The fourth-order valence-corrected chi connectivity index (χ4v) is 3.28. The number of carbonyl (C=O) groups excluding carboxylic acids is 2. The van der Waals surface area contributed by atoms with Crippen LogP contribution in [0.3, 0.4) is 0 Å². The molecule has 0 saturated heterocycles. The third-order valence-corrected chi connectivity index (χ3v) is 4.86. The summed E-state index contributed by atoms with van der Waals surface area (Å²) in [6.07, 6.45) is 5.52. The van der Waals surface area contributed by atoms with Crippen LogP contribution in [0.2, 0.25) is 0 Å². The van der Waals surface area contributed by atoms with Gasteiger partial charge in [-0.2, -0.15) is 8.42 Å². The van der Waals surface area contributed by atoms with Crippen LogP contribution < -0.4 is 0 Å². The van der Waals surface area contributed by atoms with Crippen molar-refractivity contribution in [3.05, 3.63) is 35.6 Å². The predicted octanol–water partition coefficient (Wildman–Crippen LogP) is 2.27. The van der Waals surface area contributed by atoms with Crippen molar-refractivity contribution in [2.24, 2.45) is 0 Å². The molecule has 0 aromatic carbocycles. The molecule has 1 aliphatic heterocycles. The Balaban J connectivity index is 2.02. The van der Waals surface area contributed by atoms with E-state index in [0.29, 0.717) is 6.42 Å². The first kappa shape index (κ1) is 18.3. The number of amides is 2. The van der Waals surface area contributed by atoms with Crippen molar-refractivity contribution in [1.82, 2.24) is 4.90 Å². The fourth-order valence-electron chi connectivity index (χ4n) is 2.15. The van der Waals surface area contributed by atoms with Crippen molar-refractivity contribution in [3.8, 4) is 0 Å². The topological polar surface area (TPSA) is 90.0 Å². The zero-order valence-electron chi connectivity index (χ0n) is 14.1.